The van der Waals surface area contributed by atoms with Crippen molar-refractivity contribution in [3.8, 4) is 0 Å². The summed E-state index contributed by atoms with van der Waals surface area (Å²) >= 11 is 0. The Morgan fingerprint density at radius 3 is 2.73 bits per heavy atom. The molecule has 2 heteroatoms. The molecule has 0 aliphatic carbocycles. The second-order valence-electron chi connectivity index (χ2n) is 5.46. The molecule has 5 unspecified atom stereocenters. The monoisotopic (exact) mass is 207 g/mol. The Morgan fingerprint density at radius 1 is 1.33 bits per heavy atom. The molecule has 0 amide bonds. The summed E-state index contributed by atoms with van der Waals surface area (Å²) in [4.78, 5) is 2.69. The highest BCUT2D eigenvalue weighted by Crippen LogP contribution is 2.48. The molecule has 2 fully saturated rings. The van der Waals surface area contributed by atoms with Crippen molar-refractivity contribution in [2.24, 2.45) is 11.8 Å². The highest BCUT2D eigenvalue weighted by Gasteiger charge is 2.55. The van der Waals surface area contributed by atoms with Crippen LogP contribution in [0, 0.1) is 11.8 Å². The van der Waals surface area contributed by atoms with Crippen LogP contribution in [0.3, 0.4) is 0 Å². The molecule has 5 atom stereocenters. The summed E-state index contributed by atoms with van der Waals surface area (Å²) in [5, 5.41) is 0. The summed E-state index contributed by atoms with van der Waals surface area (Å²) in [6, 6.07) is 1.43. The summed E-state index contributed by atoms with van der Waals surface area (Å²) in [5.74, 6) is 1.54. The Bertz CT molecular complexity index is 286. The fraction of sp³-hybridized carbons (Fsp3) is 0.846. The highest BCUT2D eigenvalue weighted by molar-refractivity contribution is 5.19. The Balaban J connectivity index is 1.86. The molecule has 84 valence electrons. The molecule has 0 aromatic heterocycles. The highest BCUT2D eigenvalue weighted by atomic mass is 16.5. The maximum atomic E-state index is 5.96. The number of hydrogen-bond acceptors (Lipinski definition) is 2. The van der Waals surface area contributed by atoms with Crippen molar-refractivity contribution in [3.63, 3.8) is 0 Å². The van der Waals surface area contributed by atoms with E-state index in [1.54, 1.807) is 0 Å². The van der Waals surface area contributed by atoms with Gasteiger partial charge in [-0.05, 0) is 20.3 Å². The second-order valence-corrected chi connectivity index (χ2v) is 5.46. The van der Waals surface area contributed by atoms with E-state index < -0.39 is 0 Å². The van der Waals surface area contributed by atoms with E-state index in [-0.39, 0.29) is 0 Å². The maximum absolute atomic E-state index is 5.96. The molecule has 3 aliphatic heterocycles. The van der Waals surface area contributed by atoms with Crippen LogP contribution in [-0.4, -0.2) is 35.7 Å². The first kappa shape index (κ1) is 9.86. The molecule has 0 aromatic rings. The zero-order valence-electron chi connectivity index (χ0n) is 9.89. The molecular formula is C13H21NO. The first-order valence-electron chi connectivity index (χ1n) is 6.32. The van der Waals surface area contributed by atoms with Gasteiger partial charge in [-0.1, -0.05) is 19.1 Å². The van der Waals surface area contributed by atoms with Crippen LogP contribution in [0.2, 0.25) is 0 Å². The van der Waals surface area contributed by atoms with Crippen molar-refractivity contribution in [2.45, 2.75) is 51.5 Å². The van der Waals surface area contributed by atoms with Gasteiger partial charge in [0, 0.05) is 30.5 Å². The Hall–Kier alpha value is -0.340. The number of hydrogen-bond donors (Lipinski definition) is 0. The molecule has 2 bridgehead atoms. The van der Waals surface area contributed by atoms with E-state index in [1.165, 1.54) is 13.0 Å². The van der Waals surface area contributed by atoms with E-state index in [4.69, 9.17) is 4.74 Å². The van der Waals surface area contributed by atoms with Gasteiger partial charge in [0.15, 0.2) is 0 Å². The van der Waals surface area contributed by atoms with E-state index >= 15 is 0 Å². The minimum Gasteiger partial charge on any atom is -0.366 e. The second kappa shape index (κ2) is 3.33. The summed E-state index contributed by atoms with van der Waals surface area (Å²) < 4.78 is 5.96. The number of ether oxygens (including phenoxy) is 1. The molecule has 0 N–H and O–H groups in total. The van der Waals surface area contributed by atoms with Crippen LogP contribution in [-0.2, 0) is 4.74 Å². The SMILES string of the molecule is CCC1C2C3C=CC(O3)C2CN1C(C)C. The molecule has 15 heavy (non-hydrogen) atoms. The van der Waals surface area contributed by atoms with Crippen molar-refractivity contribution in [1.82, 2.24) is 4.90 Å². The van der Waals surface area contributed by atoms with Crippen LogP contribution in [0.5, 0.6) is 0 Å². The lowest BCUT2D eigenvalue weighted by atomic mass is 9.81. The van der Waals surface area contributed by atoms with Crippen molar-refractivity contribution in [2.75, 3.05) is 6.54 Å². The van der Waals surface area contributed by atoms with E-state index in [0.29, 0.717) is 18.2 Å². The molecule has 3 aliphatic rings. The lowest BCUT2D eigenvalue weighted by molar-refractivity contribution is 0.0608. The number of nitrogens with zero attached hydrogens (tertiary/aromatic N) is 1. The molecule has 3 rings (SSSR count). The van der Waals surface area contributed by atoms with Crippen LogP contribution >= 0.6 is 0 Å². The van der Waals surface area contributed by atoms with Crippen molar-refractivity contribution in [1.29, 1.82) is 0 Å². The van der Waals surface area contributed by atoms with Gasteiger partial charge in [-0.15, -0.1) is 0 Å². The van der Waals surface area contributed by atoms with Gasteiger partial charge in [0.05, 0.1) is 12.2 Å². The lowest BCUT2D eigenvalue weighted by Gasteiger charge is -2.31. The van der Waals surface area contributed by atoms with Crippen LogP contribution in [0.15, 0.2) is 12.2 Å². The molecular weight excluding hydrogens is 186 g/mol. The molecule has 0 spiro atoms. The first-order chi connectivity index (χ1) is 7.22. The van der Waals surface area contributed by atoms with Gasteiger partial charge in [0.1, 0.15) is 0 Å². The van der Waals surface area contributed by atoms with E-state index in [2.05, 4.69) is 37.8 Å². The van der Waals surface area contributed by atoms with Gasteiger partial charge >= 0.3 is 0 Å². The molecule has 0 radical (unpaired) electrons. The smallest absolute Gasteiger partial charge is 0.0812 e. The minimum atomic E-state index is 0.425. The summed E-state index contributed by atoms with van der Waals surface area (Å²) in [5.41, 5.74) is 0. The largest absolute Gasteiger partial charge is 0.366 e. The van der Waals surface area contributed by atoms with Crippen molar-refractivity contribution in [3.05, 3.63) is 12.2 Å². The summed E-state index contributed by atoms with van der Waals surface area (Å²) in [7, 11) is 0. The average molecular weight is 207 g/mol. The number of rotatable bonds is 2. The van der Waals surface area contributed by atoms with Crippen LogP contribution in [0.1, 0.15) is 27.2 Å². The minimum absolute atomic E-state index is 0.425. The van der Waals surface area contributed by atoms with E-state index in [9.17, 15) is 0 Å². The normalized spacial score (nSPS) is 48.1. The number of fused-ring (bicyclic) bond motifs is 5. The third kappa shape index (κ3) is 1.24. The predicted molar refractivity (Wildman–Crippen MR) is 60.7 cm³/mol. The molecule has 0 saturated carbocycles. The third-order valence-electron chi connectivity index (χ3n) is 4.47. The van der Waals surface area contributed by atoms with E-state index in [1.807, 2.05) is 0 Å². The van der Waals surface area contributed by atoms with E-state index in [0.717, 1.165) is 17.9 Å². The Kier molecular flexibility index (Phi) is 2.18. The predicted octanol–water partition coefficient (Wildman–Crippen LogP) is 2.06. The van der Waals surface area contributed by atoms with Gasteiger partial charge in [-0.25, -0.2) is 0 Å². The topological polar surface area (TPSA) is 12.5 Å². The van der Waals surface area contributed by atoms with Gasteiger partial charge in [-0.2, -0.15) is 0 Å². The fourth-order valence-electron chi connectivity index (χ4n) is 3.85. The average Bonchev–Trinajstić information content (AvgIpc) is 2.87. The quantitative estimate of drug-likeness (QED) is 0.643. The van der Waals surface area contributed by atoms with Gasteiger partial charge in [-0.3, -0.25) is 4.90 Å². The van der Waals surface area contributed by atoms with Crippen LogP contribution in [0.25, 0.3) is 0 Å². The first-order valence-corrected chi connectivity index (χ1v) is 6.32. The van der Waals surface area contributed by atoms with Gasteiger partial charge in [0.2, 0.25) is 0 Å². The molecule has 0 aromatic carbocycles. The molecule has 3 heterocycles. The number of likely N-dealkylation sites (tertiary alicyclic amines) is 1. The molecule has 2 saturated heterocycles. The van der Waals surface area contributed by atoms with Gasteiger partial charge < -0.3 is 4.74 Å². The summed E-state index contributed by atoms with van der Waals surface area (Å²) in [6.07, 6.45) is 6.69. The lowest BCUT2D eigenvalue weighted by Crippen LogP contribution is -2.39. The van der Waals surface area contributed by atoms with Crippen LogP contribution < -0.4 is 0 Å². The van der Waals surface area contributed by atoms with Crippen molar-refractivity contribution < 1.29 is 4.74 Å². The van der Waals surface area contributed by atoms with Crippen LogP contribution in [0.4, 0.5) is 0 Å². The standard InChI is InChI=1S/C13H21NO/c1-4-10-13-9(7-14(10)8(2)3)11-5-6-12(13)15-11/h5-6,8-13H,4,7H2,1-3H3. The fourth-order valence-corrected chi connectivity index (χ4v) is 3.85. The third-order valence-corrected chi connectivity index (χ3v) is 4.47. The maximum Gasteiger partial charge on any atom is 0.0812 e. The Labute approximate surface area is 92.3 Å². The Morgan fingerprint density at radius 2 is 2.07 bits per heavy atom. The zero-order valence-corrected chi connectivity index (χ0v) is 9.89. The zero-order chi connectivity index (χ0) is 10.6. The summed E-state index contributed by atoms with van der Waals surface area (Å²) in [6.45, 7) is 8.20. The van der Waals surface area contributed by atoms with Gasteiger partial charge in [0.25, 0.3) is 0 Å². The molecule has 2 nitrogen and oxygen atoms in total. The van der Waals surface area contributed by atoms with Crippen molar-refractivity contribution >= 4 is 0 Å².